The van der Waals surface area contributed by atoms with Crippen LogP contribution in [0.2, 0.25) is 0 Å². The van der Waals surface area contributed by atoms with E-state index in [2.05, 4.69) is 4.90 Å². The number of rotatable bonds is 7. The summed E-state index contributed by atoms with van der Waals surface area (Å²) in [5.41, 5.74) is 0. The predicted molar refractivity (Wildman–Crippen MR) is 116 cm³/mol. The minimum absolute atomic E-state index is 0.0187. The fourth-order valence-electron chi connectivity index (χ4n) is 3.11. The number of hydrogen-bond acceptors (Lipinski definition) is 7. The first-order chi connectivity index (χ1) is 13.5. The van der Waals surface area contributed by atoms with Crippen LogP contribution in [0.1, 0.15) is 6.92 Å². The van der Waals surface area contributed by atoms with E-state index < -0.39 is 6.04 Å². The van der Waals surface area contributed by atoms with E-state index in [1.54, 1.807) is 25.8 Å². The van der Waals surface area contributed by atoms with Crippen LogP contribution in [0, 0.1) is 0 Å². The van der Waals surface area contributed by atoms with E-state index in [0.29, 0.717) is 23.1 Å². The van der Waals surface area contributed by atoms with E-state index >= 15 is 0 Å². The standard InChI is InChI=1S/C20H25N3O3S2/c1-15(24)19(22-10-8-21(2)9-11-22)20(27)23-12-13-28-18(23)14-26-17-7-5-4-6-16(17)25-3/h4-11,18-19H,12-14H2,1-3H3. The van der Waals surface area contributed by atoms with Crippen LogP contribution < -0.4 is 9.47 Å². The summed E-state index contributed by atoms with van der Waals surface area (Å²) in [7, 11) is 3.57. The average molecular weight is 420 g/mol. The van der Waals surface area contributed by atoms with Gasteiger partial charge in [0, 0.05) is 44.1 Å². The Labute approximate surface area is 175 Å². The Hall–Kier alpha value is -2.19. The van der Waals surface area contributed by atoms with Crippen LogP contribution in [0.15, 0.2) is 49.1 Å². The van der Waals surface area contributed by atoms with Gasteiger partial charge in [-0.15, -0.1) is 11.8 Å². The summed E-state index contributed by atoms with van der Waals surface area (Å²) in [6, 6.07) is 7.09. The number of benzene rings is 1. The number of thioether (sulfide) groups is 1. The molecule has 6 nitrogen and oxygen atoms in total. The summed E-state index contributed by atoms with van der Waals surface area (Å²) in [5.74, 6) is 2.37. The minimum atomic E-state index is -0.497. The summed E-state index contributed by atoms with van der Waals surface area (Å²) in [5, 5.41) is 0.0553. The maximum atomic E-state index is 12.4. The lowest BCUT2D eigenvalue weighted by molar-refractivity contribution is -0.118. The molecule has 28 heavy (non-hydrogen) atoms. The molecule has 1 fully saturated rings. The van der Waals surface area contributed by atoms with Crippen molar-refractivity contribution in [1.29, 1.82) is 0 Å². The predicted octanol–water partition coefficient (Wildman–Crippen LogP) is 2.92. The summed E-state index contributed by atoms with van der Waals surface area (Å²) < 4.78 is 11.4. The lowest BCUT2D eigenvalue weighted by Gasteiger charge is -2.35. The third kappa shape index (κ3) is 4.62. The van der Waals surface area contributed by atoms with Gasteiger partial charge >= 0.3 is 0 Å². The van der Waals surface area contributed by atoms with Gasteiger partial charge in [-0.3, -0.25) is 4.79 Å². The molecular weight excluding hydrogens is 394 g/mol. The third-order valence-corrected chi connectivity index (χ3v) is 6.24. The van der Waals surface area contributed by atoms with Gasteiger partial charge in [-0.2, -0.15) is 0 Å². The maximum Gasteiger partial charge on any atom is 0.161 e. The second-order valence-electron chi connectivity index (χ2n) is 6.54. The van der Waals surface area contributed by atoms with Crippen LogP contribution in [-0.2, 0) is 4.79 Å². The quantitative estimate of drug-likeness (QED) is 0.625. The molecule has 0 saturated carbocycles. The molecule has 2 aliphatic rings. The lowest BCUT2D eigenvalue weighted by Crippen LogP contribution is -2.50. The number of ether oxygens (including phenoxy) is 2. The zero-order chi connectivity index (χ0) is 20.1. The van der Waals surface area contributed by atoms with Crippen molar-refractivity contribution in [3.05, 3.63) is 49.1 Å². The first kappa shape index (κ1) is 20.5. The van der Waals surface area contributed by atoms with Gasteiger partial charge in [-0.25, -0.2) is 0 Å². The topological polar surface area (TPSA) is 45.3 Å². The number of methoxy groups -OCH3 is 1. The fourth-order valence-corrected chi connectivity index (χ4v) is 4.82. The zero-order valence-electron chi connectivity index (χ0n) is 16.3. The highest BCUT2D eigenvalue weighted by Crippen LogP contribution is 2.30. The van der Waals surface area contributed by atoms with Crippen molar-refractivity contribution in [2.75, 3.05) is 33.1 Å². The van der Waals surface area contributed by atoms with Gasteiger partial charge < -0.3 is 24.2 Å². The van der Waals surface area contributed by atoms with Gasteiger partial charge in [0.25, 0.3) is 0 Å². The molecular formula is C20H25N3O3S2. The second kappa shape index (κ2) is 9.34. The van der Waals surface area contributed by atoms with E-state index in [0.717, 1.165) is 12.3 Å². The molecule has 0 N–H and O–H groups in total. The molecule has 0 spiro atoms. The Balaban J connectivity index is 1.70. The average Bonchev–Trinajstić information content (AvgIpc) is 3.16. The van der Waals surface area contributed by atoms with Crippen LogP contribution in [0.5, 0.6) is 11.5 Å². The molecule has 0 bridgehead atoms. The zero-order valence-corrected chi connectivity index (χ0v) is 17.9. The van der Waals surface area contributed by atoms with Crippen LogP contribution in [-0.4, -0.2) is 69.9 Å². The highest BCUT2D eigenvalue weighted by atomic mass is 32.2. The number of carbonyl (C=O) groups excluding carboxylic acids is 1. The molecule has 0 amide bonds. The van der Waals surface area contributed by atoms with Gasteiger partial charge in [0.05, 0.1) is 7.11 Å². The van der Waals surface area contributed by atoms with Gasteiger partial charge in [-0.05, 0) is 19.1 Å². The highest BCUT2D eigenvalue weighted by molar-refractivity contribution is 8.00. The molecule has 0 aliphatic carbocycles. The SMILES string of the molecule is COc1ccccc1OCC1SCCN1C(=S)C(C(C)=O)N1C=CN(C)C=C1. The fraction of sp³-hybridized carbons (Fsp3) is 0.400. The van der Waals surface area contributed by atoms with E-state index in [9.17, 15) is 4.79 Å². The molecule has 0 radical (unpaired) electrons. The van der Waals surface area contributed by atoms with Crippen LogP contribution in [0.3, 0.4) is 0 Å². The molecule has 150 valence electrons. The van der Waals surface area contributed by atoms with Crippen molar-refractivity contribution in [1.82, 2.24) is 14.7 Å². The molecule has 2 unspecified atom stereocenters. The number of para-hydroxylation sites is 2. The minimum Gasteiger partial charge on any atom is -0.493 e. The molecule has 1 aromatic carbocycles. The van der Waals surface area contributed by atoms with Crippen molar-refractivity contribution in [3.8, 4) is 11.5 Å². The molecule has 3 rings (SSSR count). The van der Waals surface area contributed by atoms with E-state index in [-0.39, 0.29) is 11.2 Å². The smallest absolute Gasteiger partial charge is 0.161 e. The Morgan fingerprint density at radius 1 is 1.25 bits per heavy atom. The van der Waals surface area contributed by atoms with Gasteiger partial charge in [0.2, 0.25) is 0 Å². The Bertz CT molecular complexity index is 770. The second-order valence-corrected chi connectivity index (χ2v) is 8.25. The number of hydrogen-bond donors (Lipinski definition) is 0. The largest absolute Gasteiger partial charge is 0.493 e. The Morgan fingerprint density at radius 2 is 1.93 bits per heavy atom. The number of thiocarbonyl (C=S) groups is 1. The maximum absolute atomic E-state index is 12.4. The Kier molecular flexibility index (Phi) is 6.85. The third-order valence-electron chi connectivity index (χ3n) is 4.59. The summed E-state index contributed by atoms with van der Waals surface area (Å²) in [6.45, 7) is 2.85. The Morgan fingerprint density at radius 3 is 2.57 bits per heavy atom. The number of ketones is 1. The van der Waals surface area contributed by atoms with E-state index in [1.165, 1.54) is 0 Å². The highest BCUT2D eigenvalue weighted by Gasteiger charge is 2.35. The van der Waals surface area contributed by atoms with Crippen molar-refractivity contribution in [2.24, 2.45) is 0 Å². The molecule has 2 heterocycles. The van der Waals surface area contributed by atoms with Gasteiger partial charge in [0.1, 0.15) is 23.0 Å². The first-order valence-corrected chi connectivity index (χ1v) is 10.5. The molecule has 8 heteroatoms. The van der Waals surface area contributed by atoms with Crippen LogP contribution >= 0.6 is 24.0 Å². The van der Waals surface area contributed by atoms with Crippen molar-refractivity contribution < 1.29 is 14.3 Å². The summed E-state index contributed by atoms with van der Waals surface area (Å²) >= 11 is 7.55. The number of nitrogens with zero attached hydrogens (tertiary/aromatic N) is 3. The van der Waals surface area contributed by atoms with Gasteiger partial charge in [0.15, 0.2) is 17.3 Å². The normalized spacial score (nSPS) is 19.7. The molecule has 1 saturated heterocycles. The first-order valence-electron chi connectivity index (χ1n) is 9.05. The van der Waals surface area contributed by atoms with Crippen molar-refractivity contribution in [3.63, 3.8) is 0 Å². The molecule has 1 aromatic rings. The molecule has 0 aromatic heterocycles. The van der Waals surface area contributed by atoms with E-state index in [4.69, 9.17) is 21.7 Å². The monoisotopic (exact) mass is 419 g/mol. The summed E-state index contributed by atoms with van der Waals surface area (Å²) in [6.07, 6.45) is 7.56. The van der Waals surface area contributed by atoms with Crippen LogP contribution in [0.4, 0.5) is 0 Å². The summed E-state index contributed by atoms with van der Waals surface area (Å²) in [4.78, 5) is 18.9. The number of Topliss-reactive ketones (excluding diaryl/α,β-unsaturated/α-hetero) is 1. The number of carbonyl (C=O) groups is 1. The van der Waals surface area contributed by atoms with Gasteiger partial charge in [-0.1, -0.05) is 24.4 Å². The van der Waals surface area contributed by atoms with Crippen molar-refractivity contribution in [2.45, 2.75) is 18.3 Å². The van der Waals surface area contributed by atoms with Crippen LogP contribution in [0.25, 0.3) is 0 Å². The molecule has 2 atom stereocenters. The van der Waals surface area contributed by atoms with Crippen molar-refractivity contribution >= 4 is 34.8 Å². The molecule has 2 aliphatic heterocycles. The lowest BCUT2D eigenvalue weighted by atomic mass is 10.1. The van der Waals surface area contributed by atoms with E-state index in [1.807, 2.05) is 65.9 Å².